The van der Waals surface area contributed by atoms with Gasteiger partial charge in [-0.15, -0.1) is 0 Å². The first-order chi connectivity index (χ1) is 11.1. The third kappa shape index (κ3) is 5.40. The van der Waals surface area contributed by atoms with E-state index in [0.717, 1.165) is 0 Å². The molecule has 1 rings (SSSR count). The van der Waals surface area contributed by atoms with E-state index < -0.39 is 11.4 Å². The number of esters is 1. The smallest absolute Gasteiger partial charge is 0.341 e. The number of hydrogen-bond donors (Lipinski definition) is 1. The maximum Gasteiger partial charge on any atom is 0.341 e. The lowest BCUT2D eigenvalue weighted by molar-refractivity contribution is -0.131. The fraction of sp³-hybridized carbons (Fsp3) is 0.588. The van der Waals surface area contributed by atoms with Gasteiger partial charge in [-0.2, -0.15) is 0 Å². The van der Waals surface area contributed by atoms with Gasteiger partial charge in [0.2, 0.25) is 11.8 Å². The molecule has 0 radical (unpaired) electrons. The molecule has 1 aromatic rings. The van der Waals surface area contributed by atoms with E-state index in [0.29, 0.717) is 17.1 Å². The molecule has 1 heterocycles. The molecule has 2 amide bonds. The lowest BCUT2D eigenvalue weighted by atomic mass is 9.96. The summed E-state index contributed by atoms with van der Waals surface area (Å²) in [6, 6.07) is 1.58. The largest absolute Gasteiger partial charge is 0.465 e. The van der Waals surface area contributed by atoms with E-state index in [9.17, 15) is 14.4 Å². The molecule has 0 aliphatic carbocycles. The maximum atomic E-state index is 12.1. The minimum absolute atomic E-state index is 0.0951. The number of carbonyl (C=O) groups is 3. The van der Waals surface area contributed by atoms with Crippen LogP contribution >= 0.6 is 0 Å². The Morgan fingerprint density at radius 1 is 1.29 bits per heavy atom. The maximum absolute atomic E-state index is 12.1. The van der Waals surface area contributed by atoms with Crippen LogP contribution in [0.3, 0.4) is 0 Å². The van der Waals surface area contributed by atoms with Gasteiger partial charge in [-0.3, -0.25) is 9.59 Å². The highest BCUT2D eigenvalue weighted by Gasteiger charge is 2.21. The summed E-state index contributed by atoms with van der Waals surface area (Å²) in [5.74, 6) is 0.263. The zero-order valence-electron chi connectivity index (χ0n) is 15.2. The number of rotatable bonds is 6. The highest BCUT2D eigenvalue weighted by molar-refractivity contribution is 5.90. The van der Waals surface area contributed by atoms with Gasteiger partial charge in [0.25, 0.3) is 0 Å². The quantitative estimate of drug-likeness (QED) is 0.800. The number of ether oxygens (including phenoxy) is 1. The number of nitrogens with one attached hydrogen (secondary N) is 1. The molecular formula is C17H26N2O5. The average molecular weight is 338 g/mol. The van der Waals surface area contributed by atoms with Crippen molar-refractivity contribution in [2.75, 3.05) is 20.7 Å². The van der Waals surface area contributed by atoms with Crippen molar-refractivity contribution in [1.82, 2.24) is 10.2 Å². The second-order valence-electron chi connectivity index (χ2n) is 6.68. The Labute approximate surface area is 142 Å². The van der Waals surface area contributed by atoms with Crippen LogP contribution in [-0.2, 0) is 20.9 Å². The summed E-state index contributed by atoms with van der Waals surface area (Å²) in [7, 11) is 2.94. The van der Waals surface area contributed by atoms with Crippen LogP contribution in [0, 0.1) is 12.3 Å². The lowest BCUT2D eigenvalue weighted by Gasteiger charge is -2.19. The Morgan fingerprint density at radius 3 is 2.46 bits per heavy atom. The van der Waals surface area contributed by atoms with Crippen LogP contribution in [0.15, 0.2) is 10.5 Å². The second-order valence-corrected chi connectivity index (χ2v) is 6.68. The van der Waals surface area contributed by atoms with E-state index in [-0.39, 0.29) is 31.3 Å². The number of aryl methyl sites for hydroxylation is 1. The van der Waals surface area contributed by atoms with Crippen molar-refractivity contribution in [2.45, 2.75) is 40.7 Å². The molecule has 0 aliphatic heterocycles. The summed E-state index contributed by atoms with van der Waals surface area (Å²) in [5.41, 5.74) is -0.129. The Hall–Kier alpha value is -2.31. The number of carbonyl (C=O) groups excluding carboxylic acids is 3. The Balaban J connectivity index is 2.53. The molecule has 7 heteroatoms. The van der Waals surface area contributed by atoms with Gasteiger partial charge in [0.05, 0.1) is 13.7 Å². The van der Waals surface area contributed by atoms with Gasteiger partial charge in [0.15, 0.2) is 0 Å². The van der Waals surface area contributed by atoms with Gasteiger partial charge in [-0.05, 0) is 13.0 Å². The first kappa shape index (κ1) is 19.7. The van der Waals surface area contributed by atoms with Crippen LogP contribution in [0.2, 0.25) is 0 Å². The number of methoxy groups -OCH3 is 1. The van der Waals surface area contributed by atoms with Crippen LogP contribution in [-0.4, -0.2) is 43.4 Å². The van der Waals surface area contributed by atoms with Gasteiger partial charge in [-0.25, -0.2) is 4.79 Å². The minimum Gasteiger partial charge on any atom is -0.465 e. The summed E-state index contributed by atoms with van der Waals surface area (Å²) in [6.45, 7) is 7.63. The van der Waals surface area contributed by atoms with Crippen LogP contribution in [0.25, 0.3) is 0 Å². The second kappa shape index (κ2) is 7.99. The Bertz CT molecular complexity index is 613. The first-order valence-corrected chi connectivity index (χ1v) is 7.76. The molecule has 0 aromatic carbocycles. The molecule has 0 bridgehead atoms. The molecule has 0 fully saturated rings. The molecule has 0 atom stereocenters. The molecular weight excluding hydrogens is 312 g/mol. The van der Waals surface area contributed by atoms with Crippen molar-refractivity contribution < 1.29 is 23.5 Å². The third-order valence-electron chi connectivity index (χ3n) is 3.50. The Kier molecular flexibility index (Phi) is 6.57. The zero-order chi connectivity index (χ0) is 18.5. The van der Waals surface area contributed by atoms with Crippen molar-refractivity contribution in [3.63, 3.8) is 0 Å². The molecule has 1 aromatic heterocycles. The van der Waals surface area contributed by atoms with Gasteiger partial charge >= 0.3 is 5.97 Å². The van der Waals surface area contributed by atoms with E-state index in [4.69, 9.17) is 4.42 Å². The lowest BCUT2D eigenvalue weighted by Crippen LogP contribution is -2.37. The normalized spacial score (nSPS) is 11.1. The molecule has 7 nitrogen and oxygen atoms in total. The number of amides is 2. The van der Waals surface area contributed by atoms with Gasteiger partial charge < -0.3 is 19.4 Å². The summed E-state index contributed by atoms with van der Waals surface area (Å²) >= 11 is 0. The molecule has 134 valence electrons. The Morgan fingerprint density at radius 2 is 1.92 bits per heavy atom. The summed E-state index contributed by atoms with van der Waals surface area (Å²) in [6.07, 6.45) is 0.196. The molecule has 0 unspecified atom stereocenters. The van der Waals surface area contributed by atoms with E-state index in [1.54, 1.807) is 20.0 Å². The number of hydrogen-bond acceptors (Lipinski definition) is 5. The fourth-order valence-electron chi connectivity index (χ4n) is 2.00. The standard InChI is InChI=1S/C17H26N2O5/c1-11-13(15(21)23-6)9-12(24-11)10-19(5)14(20)7-8-18-16(22)17(2,3)4/h9H,7-8,10H2,1-6H3,(H,18,22). The fourth-order valence-corrected chi connectivity index (χ4v) is 2.00. The zero-order valence-corrected chi connectivity index (χ0v) is 15.2. The summed E-state index contributed by atoms with van der Waals surface area (Å²) < 4.78 is 10.1. The predicted octanol–water partition coefficient (Wildman–Crippen LogP) is 1.89. The van der Waals surface area contributed by atoms with Crippen LogP contribution in [0.4, 0.5) is 0 Å². The van der Waals surface area contributed by atoms with Gasteiger partial charge in [0, 0.05) is 25.4 Å². The van der Waals surface area contributed by atoms with Crippen molar-refractivity contribution in [3.05, 3.63) is 23.2 Å². The highest BCUT2D eigenvalue weighted by Crippen LogP contribution is 2.17. The van der Waals surface area contributed by atoms with E-state index >= 15 is 0 Å². The topological polar surface area (TPSA) is 88.9 Å². The van der Waals surface area contributed by atoms with E-state index in [2.05, 4.69) is 10.1 Å². The average Bonchev–Trinajstić information content (AvgIpc) is 2.85. The predicted molar refractivity (Wildman–Crippen MR) is 88.3 cm³/mol. The molecule has 24 heavy (non-hydrogen) atoms. The van der Waals surface area contributed by atoms with Crippen LogP contribution < -0.4 is 5.32 Å². The molecule has 0 spiro atoms. The third-order valence-corrected chi connectivity index (χ3v) is 3.50. The highest BCUT2D eigenvalue weighted by atomic mass is 16.5. The van der Waals surface area contributed by atoms with Gasteiger partial charge in [-0.1, -0.05) is 20.8 Å². The van der Waals surface area contributed by atoms with Crippen LogP contribution in [0.5, 0.6) is 0 Å². The van der Waals surface area contributed by atoms with E-state index in [1.165, 1.54) is 12.0 Å². The van der Waals surface area contributed by atoms with Crippen molar-refractivity contribution in [1.29, 1.82) is 0 Å². The van der Waals surface area contributed by atoms with Crippen molar-refractivity contribution in [2.24, 2.45) is 5.41 Å². The van der Waals surface area contributed by atoms with Gasteiger partial charge in [0.1, 0.15) is 17.1 Å². The molecule has 0 saturated heterocycles. The SMILES string of the molecule is COC(=O)c1cc(CN(C)C(=O)CCNC(=O)C(C)(C)C)oc1C. The number of furan rings is 1. The number of nitrogens with zero attached hydrogens (tertiary/aromatic N) is 1. The minimum atomic E-state index is -0.481. The first-order valence-electron chi connectivity index (χ1n) is 7.76. The molecule has 0 aliphatic rings. The molecule has 0 saturated carbocycles. The monoisotopic (exact) mass is 338 g/mol. The summed E-state index contributed by atoms with van der Waals surface area (Å²) in [5, 5.41) is 2.74. The van der Waals surface area contributed by atoms with Crippen molar-refractivity contribution >= 4 is 17.8 Å². The van der Waals surface area contributed by atoms with Crippen molar-refractivity contribution in [3.8, 4) is 0 Å². The van der Waals surface area contributed by atoms with Crippen LogP contribution in [0.1, 0.15) is 49.1 Å². The van der Waals surface area contributed by atoms with E-state index in [1.807, 2.05) is 20.8 Å². The molecule has 1 N–H and O–H groups in total. The summed E-state index contributed by atoms with van der Waals surface area (Å²) in [4.78, 5) is 36.9.